The SMILES string of the molecule is CCOC(=O)C(C#N)c1nc2ccccc2nc1N(CC)CCc1ccncc1. The molecule has 0 amide bonds. The Balaban J connectivity index is 2.03. The molecule has 0 N–H and O–H groups in total. The van der Waals surface area contributed by atoms with Gasteiger partial charge in [-0.25, -0.2) is 9.97 Å². The third kappa shape index (κ3) is 4.66. The Morgan fingerprint density at radius 3 is 2.45 bits per heavy atom. The summed E-state index contributed by atoms with van der Waals surface area (Å²) in [6, 6.07) is 13.4. The predicted molar refractivity (Wildman–Crippen MR) is 110 cm³/mol. The molecule has 0 bridgehead atoms. The number of anilines is 1. The van der Waals surface area contributed by atoms with Crippen molar-refractivity contribution in [2.45, 2.75) is 26.2 Å². The number of fused-ring (bicyclic) bond motifs is 1. The van der Waals surface area contributed by atoms with Gasteiger partial charge in [0.25, 0.3) is 0 Å². The van der Waals surface area contributed by atoms with Crippen molar-refractivity contribution in [2.75, 3.05) is 24.6 Å². The summed E-state index contributed by atoms with van der Waals surface area (Å²) >= 11 is 0. The largest absolute Gasteiger partial charge is 0.465 e. The summed E-state index contributed by atoms with van der Waals surface area (Å²) in [6.07, 6.45) is 4.31. The van der Waals surface area contributed by atoms with E-state index in [1.165, 1.54) is 0 Å². The van der Waals surface area contributed by atoms with Crippen LogP contribution in [-0.2, 0) is 16.0 Å². The van der Waals surface area contributed by atoms with Gasteiger partial charge >= 0.3 is 5.97 Å². The number of carbonyl (C=O) groups excluding carboxylic acids is 1. The Hall–Kier alpha value is -3.53. The molecule has 3 rings (SSSR count). The summed E-state index contributed by atoms with van der Waals surface area (Å²) in [4.78, 5) is 27.9. The summed E-state index contributed by atoms with van der Waals surface area (Å²) < 4.78 is 5.10. The number of ether oxygens (including phenoxy) is 1. The number of benzene rings is 1. The van der Waals surface area contributed by atoms with E-state index >= 15 is 0 Å². The van der Waals surface area contributed by atoms with Crippen LogP contribution in [0, 0.1) is 11.3 Å². The predicted octanol–water partition coefficient (Wildman–Crippen LogP) is 3.26. The molecule has 7 nitrogen and oxygen atoms in total. The van der Waals surface area contributed by atoms with E-state index in [1.54, 1.807) is 19.3 Å². The first-order valence-electron chi connectivity index (χ1n) is 9.64. The molecule has 29 heavy (non-hydrogen) atoms. The van der Waals surface area contributed by atoms with E-state index in [2.05, 4.69) is 9.97 Å². The van der Waals surface area contributed by atoms with Crippen molar-refractivity contribution in [1.29, 1.82) is 5.26 Å². The maximum atomic E-state index is 12.4. The lowest BCUT2D eigenvalue weighted by Crippen LogP contribution is -2.29. The van der Waals surface area contributed by atoms with E-state index in [4.69, 9.17) is 9.72 Å². The van der Waals surface area contributed by atoms with E-state index in [0.717, 1.165) is 12.0 Å². The molecule has 0 aliphatic rings. The number of nitrogens with zero attached hydrogens (tertiary/aromatic N) is 5. The highest BCUT2D eigenvalue weighted by Gasteiger charge is 2.29. The van der Waals surface area contributed by atoms with Gasteiger partial charge in [-0.3, -0.25) is 9.78 Å². The Morgan fingerprint density at radius 2 is 1.83 bits per heavy atom. The lowest BCUT2D eigenvalue weighted by molar-refractivity contribution is -0.143. The lowest BCUT2D eigenvalue weighted by atomic mass is 10.1. The Bertz CT molecular complexity index is 1020. The summed E-state index contributed by atoms with van der Waals surface area (Å²) in [5.74, 6) is -1.19. The standard InChI is InChI=1S/C22H23N5O2/c1-3-27(14-11-16-9-12-24-13-10-16)21-20(17(15-23)22(28)29-4-2)25-18-7-5-6-8-19(18)26-21/h5-10,12-13,17H,3-4,11,14H2,1-2H3. The van der Waals surface area contributed by atoms with E-state index < -0.39 is 11.9 Å². The Morgan fingerprint density at radius 1 is 1.14 bits per heavy atom. The average Bonchev–Trinajstić information content (AvgIpc) is 2.75. The molecule has 0 fully saturated rings. The smallest absolute Gasteiger partial charge is 0.329 e. The van der Waals surface area contributed by atoms with Gasteiger partial charge in [0.15, 0.2) is 11.7 Å². The second-order valence-corrected chi connectivity index (χ2v) is 6.42. The highest BCUT2D eigenvalue weighted by Crippen LogP contribution is 2.28. The van der Waals surface area contributed by atoms with E-state index in [0.29, 0.717) is 35.6 Å². The van der Waals surface area contributed by atoms with Crippen molar-refractivity contribution in [2.24, 2.45) is 0 Å². The lowest BCUT2D eigenvalue weighted by Gasteiger charge is -2.25. The fourth-order valence-corrected chi connectivity index (χ4v) is 3.11. The minimum Gasteiger partial charge on any atom is -0.465 e. The van der Waals surface area contributed by atoms with Gasteiger partial charge in [0, 0.05) is 25.5 Å². The van der Waals surface area contributed by atoms with Crippen molar-refractivity contribution in [3.8, 4) is 6.07 Å². The number of likely N-dealkylation sites (N-methyl/N-ethyl adjacent to an activating group) is 1. The van der Waals surface area contributed by atoms with Crippen LogP contribution in [0.5, 0.6) is 0 Å². The maximum Gasteiger partial charge on any atom is 0.329 e. The molecule has 2 heterocycles. The molecular weight excluding hydrogens is 366 g/mol. The fourth-order valence-electron chi connectivity index (χ4n) is 3.11. The number of esters is 1. The molecule has 1 atom stereocenters. The van der Waals surface area contributed by atoms with E-state index in [-0.39, 0.29) is 6.61 Å². The fraction of sp³-hybridized carbons (Fsp3) is 0.318. The maximum absolute atomic E-state index is 12.4. The number of rotatable bonds is 8. The zero-order valence-electron chi connectivity index (χ0n) is 16.6. The van der Waals surface area contributed by atoms with Crippen LogP contribution >= 0.6 is 0 Å². The summed E-state index contributed by atoms with van der Waals surface area (Å²) in [5.41, 5.74) is 2.84. The number of carbonyl (C=O) groups is 1. The molecule has 2 aromatic heterocycles. The van der Waals surface area contributed by atoms with Gasteiger partial charge in [-0.1, -0.05) is 12.1 Å². The monoisotopic (exact) mass is 389 g/mol. The molecule has 0 aliphatic carbocycles. The van der Waals surface area contributed by atoms with Gasteiger partial charge in [-0.15, -0.1) is 0 Å². The van der Waals surface area contributed by atoms with Crippen molar-refractivity contribution < 1.29 is 9.53 Å². The molecule has 0 spiro atoms. The number of hydrogen-bond donors (Lipinski definition) is 0. The van der Waals surface area contributed by atoms with Crippen LogP contribution in [0.1, 0.15) is 31.0 Å². The zero-order chi connectivity index (χ0) is 20.6. The summed E-state index contributed by atoms with van der Waals surface area (Å²) in [7, 11) is 0. The third-order valence-corrected chi connectivity index (χ3v) is 4.60. The quantitative estimate of drug-likeness (QED) is 0.546. The molecule has 0 saturated carbocycles. The Labute approximate surface area is 170 Å². The van der Waals surface area contributed by atoms with Crippen LogP contribution in [-0.4, -0.2) is 40.6 Å². The average molecular weight is 389 g/mol. The molecule has 0 saturated heterocycles. The second-order valence-electron chi connectivity index (χ2n) is 6.42. The molecule has 3 aromatic rings. The van der Waals surface area contributed by atoms with Gasteiger partial charge in [0.2, 0.25) is 0 Å². The highest BCUT2D eigenvalue weighted by molar-refractivity contribution is 5.85. The molecule has 148 valence electrons. The highest BCUT2D eigenvalue weighted by atomic mass is 16.5. The van der Waals surface area contributed by atoms with Crippen molar-refractivity contribution >= 4 is 22.8 Å². The van der Waals surface area contributed by atoms with Gasteiger partial charge in [0.05, 0.1) is 23.7 Å². The topological polar surface area (TPSA) is 92.0 Å². The van der Waals surface area contributed by atoms with Crippen molar-refractivity contribution in [3.05, 3.63) is 60.0 Å². The number of pyridine rings is 1. The summed E-state index contributed by atoms with van der Waals surface area (Å²) in [5, 5.41) is 9.69. The minimum atomic E-state index is -1.13. The molecule has 0 aliphatic heterocycles. The Kier molecular flexibility index (Phi) is 6.69. The molecule has 1 unspecified atom stereocenters. The number of hydrogen-bond acceptors (Lipinski definition) is 7. The van der Waals surface area contributed by atoms with Gasteiger partial charge in [0.1, 0.15) is 5.69 Å². The molecule has 1 aromatic carbocycles. The van der Waals surface area contributed by atoms with Gasteiger partial charge in [-0.2, -0.15) is 5.26 Å². The molecular formula is C22H23N5O2. The number of aromatic nitrogens is 3. The van der Waals surface area contributed by atoms with Crippen LogP contribution in [0.2, 0.25) is 0 Å². The van der Waals surface area contributed by atoms with Crippen LogP contribution in [0.15, 0.2) is 48.8 Å². The first kappa shape index (κ1) is 20.2. The molecule has 0 radical (unpaired) electrons. The van der Waals surface area contributed by atoms with E-state index in [1.807, 2.05) is 54.3 Å². The minimum absolute atomic E-state index is 0.201. The first-order valence-corrected chi connectivity index (χ1v) is 9.64. The zero-order valence-corrected chi connectivity index (χ0v) is 16.6. The second kappa shape index (κ2) is 9.60. The van der Waals surface area contributed by atoms with Crippen LogP contribution < -0.4 is 4.90 Å². The van der Waals surface area contributed by atoms with Crippen LogP contribution in [0.25, 0.3) is 11.0 Å². The summed E-state index contributed by atoms with van der Waals surface area (Å²) in [6.45, 7) is 5.26. The van der Waals surface area contributed by atoms with E-state index in [9.17, 15) is 10.1 Å². The van der Waals surface area contributed by atoms with Gasteiger partial charge in [-0.05, 0) is 50.1 Å². The van der Waals surface area contributed by atoms with Crippen molar-refractivity contribution in [1.82, 2.24) is 15.0 Å². The van der Waals surface area contributed by atoms with Crippen LogP contribution in [0.3, 0.4) is 0 Å². The number of para-hydroxylation sites is 2. The van der Waals surface area contributed by atoms with Crippen LogP contribution in [0.4, 0.5) is 5.82 Å². The molecule has 7 heteroatoms. The first-order chi connectivity index (χ1) is 14.2. The number of nitriles is 1. The third-order valence-electron chi connectivity index (χ3n) is 4.60. The van der Waals surface area contributed by atoms with Crippen molar-refractivity contribution in [3.63, 3.8) is 0 Å². The van der Waals surface area contributed by atoms with Gasteiger partial charge < -0.3 is 9.64 Å². The normalized spacial score (nSPS) is 11.6.